The lowest BCUT2D eigenvalue weighted by atomic mass is 10.1. The van der Waals surface area contributed by atoms with Gasteiger partial charge in [-0.15, -0.1) is 11.3 Å². The first-order chi connectivity index (χ1) is 16.6. The summed E-state index contributed by atoms with van der Waals surface area (Å²) in [4.78, 5) is 26.4. The van der Waals surface area contributed by atoms with Gasteiger partial charge in [-0.3, -0.25) is 4.79 Å². The number of fused-ring (bicyclic) bond motifs is 2. The van der Waals surface area contributed by atoms with E-state index < -0.39 is 9.71 Å². The number of nitrogens with one attached hydrogen (secondary N) is 1. The van der Waals surface area contributed by atoms with Crippen molar-refractivity contribution >= 4 is 61.0 Å². The van der Waals surface area contributed by atoms with E-state index in [-0.39, 0.29) is 12.0 Å². The van der Waals surface area contributed by atoms with Gasteiger partial charge in [0.15, 0.2) is 5.82 Å². The van der Waals surface area contributed by atoms with Crippen molar-refractivity contribution in [1.29, 1.82) is 0 Å². The molecule has 2 aliphatic rings. The van der Waals surface area contributed by atoms with Crippen LogP contribution in [0.5, 0.6) is 0 Å². The van der Waals surface area contributed by atoms with E-state index in [4.69, 9.17) is 4.98 Å². The van der Waals surface area contributed by atoms with Crippen LogP contribution in [0.4, 0.5) is 28.1 Å². The monoisotopic (exact) mass is 512 g/mol. The number of nitrogens with zero attached hydrogens (tertiary/aromatic N) is 5. The van der Waals surface area contributed by atoms with Crippen molar-refractivity contribution in [1.82, 2.24) is 14.3 Å². The zero-order valence-corrected chi connectivity index (χ0v) is 21.5. The number of thiophene rings is 1. The largest absolute Gasteiger partial charge is 0.393 e. The van der Waals surface area contributed by atoms with Gasteiger partial charge in [0.2, 0.25) is 5.95 Å². The Morgan fingerprint density at radius 2 is 1.91 bits per heavy atom. The molecule has 2 aliphatic heterocycles. The van der Waals surface area contributed by atoms with Crippen LogP contribution in [-0.4, -0.2) is 68.7 Å². The minimum atomic E-state index is -2.64. The molecule has 0 saturated carbocycles. The predicted molar refractivity (Wildman–Crippen MR) is 142 cm³/mol. The van der Waals surface area contributed by atoms with E-state index in [1.807, 2.05) is 52.8 Å². The second-order valence-electron chi connectivity index (χ2n) is 8.92. The van der Waals surface area contributed by atoms with Crippen LogP contribution in [-0.2, 0) is 9.71 Å². The molecule has 0 bridgehead atoms. The highest BCUT2D eigenvalue weighted by molar-refractivity contribution is 7.98. The molecule has 2 aromatic heterocycles. The van der Waals surface area contributed by atoms with E-state index in [9.17, 15) is 14.1 Å². The summed E-state index contributed by atoms with van der Waals surface area (Å²) in [5.74, 6) is 4.87. The molecule has 0 aliphatic carbocycles. The summed E-state index contributed by atoms with van der Waals surface area (Å²) in [7, 11) is 0.967. The van der Waals surface area contributed by atoms with Crippen molar-refractivity contribution in [2.45, 2.75) is 30.8 Å². The Kier molecular flexibility index (Phi) is 6.04. The number of benzene rings is 1. The molecule has 1 aromatic carbocycles. The van der Waals surface area contributed by atoms with Crippen molar-refractivity contribution in [2.24, 2.45) is 0 Å². The van der Waals surface area contributed by atoms with Crippen LogP contribution in [0.2, 0.25) is 0 Å². The lowest BCUT2D eigenvalue weighted by Gasteiger charge is -2.31. The van der Waals surface area contributed by atoms with Gasteiger partial charge in [0.25, 0.3) is 5.91 Å². The first kappa shape index (κ1) is 23.7. The summed E-state index contributed by atoms with van der Waals surface area (Å²) in [6.45, 7) is 3.06. The Balaban J connectivity index is 1.42. The molecule has 1 atom stereocenters. The van der Waals surface area contributed by atoms with Crippen LogP contribution >= 0.6 is 11.3 Å². The number of aliphatic hydroxyl groups is 1. The number of amides is 1. The van der Waals surface area contributed by atoms with E-state index in [0.717, 1.165) is 16.3 Å². The summed E-state index contributed by atoms with van der Waals surface area (Å²) in [5, 5.41) is 15.6. The third-order valence-corrected chi connectivity index (χ3v) is 9.66. The second kappa shape index (κ2) is 8.90. The first-order valence-corrected chi connectivity index (χ1v) is 13.9. The van der Waals surface area contributed by atoms with Gasteiger partial charge in [0.05, 0.1) is 43.2 Å². The summed E-state index contributed by atoms with van der Waals surface area (Å²) in [6.07, 6.45) is 2.49. The van der Waals surface area contributed by atoms with Gasteiger partial charge < -0.3 is 20.2 Å². The number of hydrogen-bond donors (Lipinski definition) is 2. The molecule has 2 N–H and O–H groups in total. The normalized spacial score (nSPS) is 18.6. The molecule has 35 heavy (non-hydrogen) atoms. The molecule has 5 rings (SSSR count). The van der Waals surface area contributed by atoms with Gasteiger partial charge in [0.1, 0.15) is 5.69 Å². The Hall–Kier alpha value is -2.99. The molecule has 1 saturated heterocycles. The zero-order valence-electron chi connectivity index (χ0n) is 19.9. The molecule has 1 unspecified atom stereocenters. The zero-order chi connectivity index (χ0) is 24.9. The van der Waals surface area contributed by atoms with Crippen LogP contribution in [0.1, 0.15) is 28.8 Å². The molecule has 3 aromatic rings. The number of aromatic nitrogens is 2. The molecule has 0 radical (unpaired) electrons. The summed E-state index contributed by atoms with van der Waals surface area (Å²) < 4.78 is 15.3. The van der Waals surface area contributed by atoms with E-state index in [0.29, 0.717) is 53.8 Å². The fraction of sp³-hybridized carbons (Fsp3) is 0.333. The van der Waals surface area contributed by atoms with Crippen molar-refractivity contribution in [2.75, 3.05) is 42.3 Å². The maximum atomic E-state index is 13.4. The second-order valence-corrected chi connectivity index (χ2v) is 12.1. The third-order valence-electron chi connectivity index (χ3n) is 6.50. The quantitative estimate of drug-likeness (QED) is 0.517. The molecular formula is C24H28N6O3S2. The molecule has 0 spiro atoms. The van der Waals surface area contributed by atoms with E-state index in [1.165, 1.54) is 11.3 Å². The molecule has 184 valence electrons. The van der Waals surface area contributed by atoms with Gasteiger partial charge in [-0.05, 0) is 43.8 Å². The standard InChI is InChI=1S/C24H28N6O3S2/c1-15-5-6-19-18(11-15)23(32)29(3)20-13-25-24(27-22(20)28(19)2)26-21-12-17(14-34-21)35(4,33)30-9-7-16(31)8-10-30/h5-6,11-14,16,31H,4,7-10H2,1-3H3,(H,25,26,27). The number of rotatable bonds is 4. The number of piperidine rings is 1. The number of carbonyl (C=O) groups is 1. The number of aryl methyl sites for hydroxylation is 1. The summed E-state index contributed by atoms with van der Waals surface area (Å²) in [6, 6.07) is 7.60. The predicted octanol–water partition coefficient (Wildman–Crippen LogP) is 3.40. The van der Waals surface area contributed by atoms with Gasteiger partial charge in [-0.25, -0.2) is 13.5 Å². The summed E-state index contributed by atoms with van der Waals surface area (Å²) in [5.41, 5.74) is 3.00. The topological polar surface area (TPSA) is 102 Å². The van der Waals surface area contributed by atoms with Gasteiger partial charge >= 0.3 is 0 Å². The average molecular weight is 513 g/mol. The number of anilines is 5. The third kappa shape index (κ3) is 4.29. The Bertz CT molecular complexity index is 1400. The molecule has 1 fully saturated rings. The number of carbonyl (C=O) groups excluding carboxylic acids is 1. The number of aliphatic hydroxyl groups excluding tert-OH is 1. The van der Waals surface area contributed by atoms with Crippen LogP contribution in [0.25, 0.3) is 0 Å². The van der Waals surface area contributed by atoms with Gasteiger partial charge in [0, 0.05) is 32.6 Å². The molecule has 4 heterocycles. The molecule has 11 heteroatoms. The summed E-state index contributed by atoms with van der Waals surface area (Å²) >= 11 is 1.40. The van der Waals surface area contributed by atoms with Gasteiger partial charge in [-0.1, -0.05) is 11.6 Å². The number of hydrogen-bond acceptors (Lipinski definition) is 8. The lowest BCUT2D eigenvalue weighted by molar-refractivity contribution is 0.0994. The van der Waals surface area contributed by atoms with Gasteiger partial charge in [-0.2, -0.15) is 4.98 Å². The maximum Gasteiger partial charge on any atom is 0.260 e. The fourth-order valence-corrected chi connectivity index (χ4v) is 7.25. The SMILES string of the molecule is C=S(=O)(c1csc(Nc2ncc3c(n2)N(C)c2ccc(C)cc2C(=O)N3C)c1)N1CCC(O)CC1. The Labute approximate surface area is 209 Å². The van der Waals surface area contributed by atoms with Crippen LogP contribution in [0.3, 0.4) is 0 Å². The molecule has 9 nitrogen and oxygen atoms in total. The molecule has 1 amide bonds. The van der Waals surface area contributed by atoms with Crippen LogP contribution in [0, 0.1) is 6.92 Å². The lowest BCUT2D eigenvalue weighted by Crippen LogP contribution is -2.39. The minimum Gasteiger partial charge on any atom is -0.393 e. The van der Waals surface area contributed by atoms with Crippen LogP contribution < -0.4 is 15.1 Å². The van der Waals surface area contributed by atoms with E-state index in [1.54, 1.807) is 18.1 Å². The fourth-order valence-electron chi connectivity index (χ4n) is 4.38. The Morgan fingerprint density at radius 1 is 1.17 bits per heavy atom. The van der Waals surface area contributed by atoms with E-state index in [2.05, 4.69) is 16.2 Å². The average Bonchev–Trinajstić information content (AvgIpc) is 3.30. The van der Waals surface area contributed by atoms with Crippen LogP contribution in [0.15, 0.2) is 40.7 Å². The van der Waals surface area contributed by atoms with Crippen molar-refractivity contribution in [3.8, 4) is 0 Å². The van der Waals surface area contributed by atoms with Crippen molar-refractivity contribution in [3.63, 3.8) is 0 Å². The Morgan fingerprint density at radius 3 is 2.66 bits per heavy atom. The minimum absolute atomic E-state index is 0.114. The highest BCUT2D eigenvalue weighted by atomic mass is 32.2. The van der Waals surface area contributed by atoms with Crippen molar-refractivity contribution in [3.05, 3.63) is 47.0 Å². The highest BCUT2D eigenvalue weighted by Crippen LogP contribution is 2.39. The highest BCUT2D eigenvalue weighted by Gasteiger charge is 2.29. The van der Waals surface area contributed by atoms with E-state index >= 15 is 0 Å². The maximum absolute atomic E-state index is 13.4. The smallest absolute Gasteiger partial charge is 0.260 e. The van der Waals surface area contributed by atoms with Crippen molar-refractivity contribution < 1.29 is 14.1 Å². The molecular weight excluding hydrogens is 484 g/mol. The first-order valence-electron chi connectivity index (χ1n) is 11.3.